The van der Waals surface area contributed by atoms with E-state index in [0.717, 1.165) is 30.4 Å². The summed E-state index contributed by atoms with van der Waals surface area (Å²) in [6, 6.07) is 14.8. The topological polar surface area (TPSA) is 49.4 Å². The lowest BCUT2D eigenvalue weighted by molar-refractivity contribution is -0.141. The van der Waals surface area contributed by atoms with Crippen LogP contribution >= 0.6 is 0 Å². The Morgan fingerprint density at radius 3 is 2.47 bits per heavy atom. The van der Waals surface area contributed by atoms with Gasteiger partial charge in [-0.05, 0) is 61.8 Å². The number of nitrogens with zero attached hydrogens (tertiary/aromatic N) is 1. The van der Waals surface area contributed by atoms with Crippen molar-refractivity contribution in [2.75, 3.05) is 6.54 Å². The third-order valence-electron chi connectivity index (χ3n) is 5.86. The average molecular weight is 437 g/mol. The highest BCUT2D eigenvalue weighted by Crippen LogP contribution is 2.25. The van der Waals surface area contributed by atoms with Crippen LogP contribution in [0.3, 0.4) is 0 Å². The molecule has 2 aromatic rings. The smallest absolute Gasteiger partial charge is 0.247 e. The first-order valence-corrected chi connectivity index (χ1v) is 11.6. The minimum atomic E-state index is -0.736. The maximum Gasteiger partial charge on any atom is 0.247 e. The molecule has 0 heterocycles. The molecule has 5 heteroatoms. The summed E-state index contributed by atoms with van der Waals surface area (Å²) in [7, 11) is 0. The van der Waals surface area contributed by atoms with Crippen LogP contribution in [0.25, 0.3) is 0 Å². The molecule has 1 N–H and O–H groups in total. The molecule has 4 nitrogen and oxygen atoms in total. The molecule has 0 aromatic heterocycles. The number of allylic oxidation sites excluding steroid dienone is 1. The van der Waals surface area contributed by atoms with Crippen molar-refractivity contribution in [3.63, 3.8) is 0 Å². The molecule has 1 aliphatic carbocycles. The second-order valence-electron chi connectivity index (χ2n) is 8.36. The molecule has 0 spiro atoms. The lowest BCUT2D eigenvalue weighted by Crippen LogP contribution is -2.43. The third-order valence-corrected chi connectivity index (χ3v) is 5.86. The molecule has 0 saturated carbocycles. The summed E-state index contributed by atoms with van der Waals surface area (Å²) in [5.74, 6) is -0.593. The maximum absolute atomic E-state index is 13.4. The van der Waals surface area contributed by atoms with Crippen molar-refractivity contribution >= 4 is 11.8 Å². The van der Waals surface area contributed by atoms with Gasteiger partial charge in [0.15, 0.2) is 0 Å². The van der Waals surface area contributed by atoms with E-state index in [9.17, 15) is 14.0 Å². The SMILES string of the molecule is CCCC(=O)N(Cc1ccc(F)cc1)[C@H](C(=O)NCCC1=CCCCC1)c1ccccc1. The van der Waals surface area contributed by atoms with Gasteiger partial charge in [-0.15, -0.1) is 0 Å². The Morgan fingerprint density at radius 1 is 1.06 bits per heavy atom. The molecule has 1 atom stereocenters. The fourth-order valence-corrected chi connectivity index (χ4v) is 4.15. The predicted octanol–water partition coefficient (Wildman–Crippen LogP) is 5.70. The quantitative estimate of drug-likeness (QED) is 0.486. The average Bonchev–Trinajstić information content (AvgIpc) is 2.81. The van der Waals surface area contributed by atoms with Crippen molar-refractivity contribution in [1.29, 1.82) is 0 Å². The molecule has 2 amide bonds. The second kappa shape index (κ2) is 12.2. The molecule has 1 aliphatic rings. The van der Waals surface area contributed by atoms with Crippen LogP contribution in [0.1, 0.15) is 69.0 Å². The van der Waals surface area contributed by atoms with Crippen LogP contribution in [0.5, 0.6) is 0 Å². The zero-order chi connectivity index (χ0) is 22.8. The van der Waals surface area contributed by atoms with Crippen molar-refractivity contribution in [3.05, 3.63) is 83.2 Å². The summed E-state index contributed by atoms with van der Waals surface area (Å²) in [5.41, 5.74) is 2.96. The van der Waals surface area contributed by atoms with Gasteiger partial charge >= 0.3 is 0 Å². The van der Waals surface area contributed by atoms with Crippen LogP contribution in [0.2, 0.25) is 0 Å². The first kappa shape index (κ1) is 23.7. The monoisotopic (exact) mass is 436 g/mol. The first-order valence-electron chi connectivity index (χ1n) is 11.6. The van der Waals surface area contributed by atoms with Crippen molar-refractivity contribution in [2.45, 2.75) is 64.5 Å². The van der Waals surface area contributed by atoms with Gasteiger partial charge in [-0.3, -0.25) is 9.59 Å². The molecule has 0 aliphatic heterocycles. The Bertz CT molecular complexity index is 909. The van der Waals surface area contributed by atoms with Crippen molar-refractivity contribution in [1.82, 2.24) is 10.2 Å². The van der Waals surface area contributed by atoms with Crippen LogP contribution < -0.4 is 5.32 Å². The van der Waals surface area contributed by atoms with Crippen LogP contribution in [-0.4, -0.2) is 23.3 Å². The number of carbonyl (C=O) groups is 2. The van der Waals surface area contributed by atoms with E-state index in [1.165, 1.54) is 30.5 Å². The van der Waals surface area contributed by atoms with E-state index in [2.05, 4.69) is 11.4 Å². The number of rotatable bonds is 10. The summed E-state index contributed by atoms with van der Waals surface area (Å²) in [6.45, 7) is 2.75. The van der Waals surface area contributed by atoms with Crippen molar-refractivity contribution in [3.8, 4) is 0 Å². The van der Waals surface area contributed by atoms with Gasteiger partial charge in [0, 0.05) is 19.5 Å². The van der Waals surface area contributed by atoms with Gasteiger partial charge in [0.1, 0.15) is 11.9 Å². The standard InChI is InChI=1S/C27H33FN2O2/c1-2-9-25(31)30(20-22-14-16-24(28)17-15-22)26(23-12-7-4-8-13-23)27(32)29-19-18-21-10-5-3-6-11-21/h4,7-8,10,12-17,26H,2-3,5-6,9,11,18-20H2,1H3,(H,29,32)/t26-/m0/s1. The van der Waals surface area contributed by atoms with Gasteiger partial charge < -0.3 is 10.2 Å². The van der Waals surface area contributed by atoms with E-state index in [-0.39, 0.29) is 24.2 Å². The molecule has 3 rings (SSSR count). The lowest BCUT2D eigenvalue weighted by atomic mass is 9.97. The second-order valence-corrected chi connectivity index (χ2v) is 8.36. The van der Waals surface area contributed by atoms with Crippen LogP contribution in [-0.2, 0) is 16.1 Å². The van der Waals surface area contributed by atoms with Crippen LogP contribution in [0.4, 0.5) is 4.39 Å². The molecule has 2 aromatic carbocycles. The molecular formula is C27H33FN2O2. The molecule has 0 saturated heterocycles. The zero-order valence-electron chi connectivity index (χ0n) is 18.9. The minimum Gasteiger partial charge on any atom is -0.354 e. The van der Waals surface area contributed by atoms with Gasteiger partial charge in [-0.2, -0.15) is 0 Å². The van der Waals surface area contributed by atoms with Gasteiger partial charge in [-0.1, -0.05) is 61.0 Å². The molecule has 0 unspecified atom stereocenters. The summed E-state index contributed by atoms with van der Waals surface area (Å²) >= 11 is 0. The van der Waals surface area contributed by atoms with Crippen molar-refractivity contribution < 1.29 is 14.0 Å². The normalized spacial score (nSPS) is 14.4. The number of nitrogens with one attached hydrogen (secondary N) is 1. The minimum absolute atomic E-state index is 0.0872. The summed E-state index contributed by atoms with van der Waals surface area (Å²) in [5, 5.41) is 3.07. The van der Waals surface area contributed by atoms with Gasteiger partial charge in [0.05, 0.1) is 0 Å². The van der Waals surface area contributed by atoms with E-state index in [4.69, 9.17) is 0 Å². The highest BCUT2D eigenvalue weighted by molar-refractivity contribution is 5.88. The number of benzene rings is 2. The Morgan fingerprint density at radius 2 is 1.81 bits per heavy atom. The Hall–Kier alpha value is -2.95. The number of carbonyl (C=O) groups excluding carboxylic acids is 2. The number of amides is 2. The predicted molar refractivity (Wildman–Crippen MR) is 125 cm³/mol. The fourth-order valence-electron chi connectivity index (χ4n) is 4.15. The highest BCUT2D eigenvalue weighted by atomic mass is 19.1. The third kappa shape index (κ3) is 6.78. The maximum atomic E-state index is 13.4. The summed E-state index contributed by atoms with van der Waals surface area (Å²) < 4.78 is 13.4. The molecule has 0 bridgehead atoms. The van der Waals surface area contributed by atoms with E-state index in [1.807, 2.05) is 37.3 Å². The Balaban J connectivity index is 1.82. The van der Waals surface area contributed by atoms with Crippen molar-refractivity contribution in [2.24, 2.45) is 0 Å². The highest BCUT2D eigenvalue weighted by Gasteiger charge is 2.31. The summed E-state index contributed by atoms with van der Waals surface area (Å²) in [4.78, 5) is 28.1. The van der Waals surface area contributed by atoms with Gasteiger partial charge in [0.2, 0.25) is 11.8 Å². The molecule has 32 heavy (non-hydrogen) atoms. The van der Waals surface area contributed by atoms with E-state index >= 15 is 0 Å². The molecule has 0 radical (unpaired) electrons. The van der Waals surface area contributed by atoms with E-state index in [0.29, 0.717) is 19.4 Å². The molecule has 170 valence electrons. The summed E-state index contributed by atoms with van der Waals surface area (Å²) in [6.07, 6.45) is 8.84. The van der Waals surface area contributed by atoms with E-state index in [1.54, 1.807) is 17.0 Å². The van der Waals surface area contributed by atoms with Gasteiger partial charge in [-0.25, -0.2) is 4.39 Å². The number of hydrogen-bond acceptors (Lipinski definition) is 2. The Labute approximate surface area is 190 Å². The number of hydrogen-bond donors (Lipinski definition) is 1. The molecular weight excluding hydrogens is 403 g/mol. The first-order chi connectivity index (χ1) is 15.6. The number of halogens is 1. The fraction of sp³-hybridized carbons (Fsp3) is 0.407. The largest absolute Gasteiger partial charge is 0.354 e. The van der Waals surface area contributed by atoms with Crippen LogP contribution in [0, 0.1) is 5.82 Å². The lowest BCUT2D eigenvalue weighted by Gasteiger charge is -2.32. The Kier molecular flexibility index (Phi) is 9.02. The van der Waals surface area contributed by atoms with Crippen LogP contribution in [0.15, 0.2) is 66.2 Å². The molecule has 0 fully saturated rings. The van der Waals surface area contributed by atoms with Gasteiger partial charge in [0.25, 0.3) is 0 Å². The van der Waals surface area contributed by atoms with E-state index < -0.39 is 6.04 Å². The zero-order valence-corrected chi connectivity index (χ0v) is 18.9.